The number of imidazole rings is 5. The molecule has 27 nitrogen and oxygen atoms in total. The summed E-state index contributed by atoms with van der Waals surface area (Å²) >= 11 is 1.72. The summed E-state index contributed by atoms with van der Waals surface area (Å²) in [6.07, 6.45) is 11.1. The number of methoxy groups -OCH3 is 1. The molecule has 16 N–H and O–H groups in total. The maximum atomic E-state index is 9.24. The van der Waals surface area contributed by atoms with E-state index in [0.29, 0.717) is 35.6 Å². The van der Waals surface area contributed by atoms with Crippen LogP contribution in [0.15, 0.2) is 267 Å². The predicted molar refractivity (Wildman–Crippen MR) is 570 cm³/mol. The highest BCUT2D eigenvalue weighted by atomic mass is 32.1. The van der Waals surface area contributed by atoms with E-state index in [4.69, 9.17) is 58.3 Å². The molecule has 0 saturated carbocycles. The van der Waals surface area contributed by atoms with Crippen LogP contribution in [0.3, 0.4) is 0 Å². The van der Waals surface area contributed by atoms with Crippen LogP contribution in [-0.4, -0.2) is 144 Å². The summed E-state index contributed by atoms with van der Waals surface area (Å²) in [6, 6.07) is 68.3. The zero-order chi connectivity index (χ0) is 96.1. The predicted octanol–water partition coefficient (Wildman–Crippen LogP) is 22.5. The number of aromatic amines is 5. The molecule has 5 saturated heterocycles. The number of aliphatic hydroxyl groups excluding tert-OH is 1. The van der Waals surface area contributed by atoms with Gasteiger partial charge in [-0.3, -0.25) is 0 Å². The van der Waals surface area contributed by atoms with Crippen molar-refractivity contribution in [1.29, 1.82) is 0 Å². The van der Waals surface area contributed by atoms with Gasteiger partial charge in [0.25, 0.3) is 0 Å². The number of aromatic nitrogens is 15. The summed E-state index contributed by atoms with van der Waals surface area (Å²) in [5.74, 6) is 7.71. The van der Waals surface area contributed by atoms with Crippen LogP contribution in [-0.2, 0) is 39.3 Å². The summed E-state index contributed by atoms with van der Waals surface area (Å²) in [5.41, 5.74) is 63.3. The molecule has 25 rings (SSSR count). The minimum absolute atomic E-state index is 0.0420. The first-order chi connectivity index (χ1) is 68.1. The first kappa shape index (κ1) is 90.0. The number of nitrogens with zero attached hydrogens (tertiary/aromatic N) is 15. The largest absolute Gasteiger partial charge is 0.497 e. The van der Waals surface area contributed by atoms with E-state index in [1.54, 1.807) is 18.4 Å². The highest BCUT2D eigenvalue weighted by Gasteiger charge is 2.27. The second-order valence-electron chi connectivity index (χ2n) is 36.9. The van der Waals surface area contributed by atoms with Gasteiger partial charge in [0.05, 0.1) is 74.0 Å². The molecule has 20 aromatic rings. The number of nitrogens with two attached hydrogens (primary N) is 5. The molecule has 140 heavy (non-hydrogen) atoms. The Morgan fingerprint density at radius 1 is 0.314 bits per heavy atom. The number of anilines is 5. The van der Waals surface area contributed by atoms with Crippen molar-refractivity contribution >= 4 is 150 Å². The summed E-state index contributed by atoms with van der Waals surface area (Å²) in [5, 5.41) is 16.3. The molecule has 0 radical (unpaired) electrons. The van der Waals surface area contributed by atoms with Crippen molar-refractivity contribution in [2.75, 3.05) is 68.5 Å². The molecule has 5 aliphatic rings. The fraction of sp³-hybridized carbons (Fsp3) is 0.214. The third kappa shape index (κ3) is 18.4. The number of ether oxygens (including phenoxy) is 1. The standard InChI is InChI=1S/2C23H23N5O.2C23H23N5.C20H19N5S/c1-14-5-4-10-28(14)13-20-26-21-18-9-8-16(15-6-3-7-17(11-15)29-2)12-19(18)25-23(24)22(21)27-20;1-14-3-2-10-28(14)12-20-26-21-18-9-8-17(16-6-4-15(13-29)5-7-16)11-19(18)25-23(24)22(21)27-20;1-14-5-3-7-16(11-14)17-8-9-18-19(12-17)25-23(24)22-21(18)26-20(27-22)13-28-10-4-6-15(28)2;1-14-5-7-16(8-6-14)17-9-10-18-19(12-17)25-23(24)22-21(18)26-20(27-22)13-28-11-3-4-15(28)2;1-12-4-2-8-25(12)11-17-23-18-14-7-6-13(16-5-3-9-26-16)10-15(14)22-20(21)19(18)24-17/h3,6-9,11-12H,1,4-5,10,13H2,2H3,(H2,24,25)(H,26,27);4-9,11,29H,1-3,10,12-13H2,(H2,24,25)(H,26,27);3,5,7-9,11-12H,2,4,6,10,13H2,1H3,(H2,24,25)(H,26,27);5-10,12H,2-4,11,13H2,1H3,(H2,24,25)(H,26,27);3,5-7,9-10H,1-2,4,8,11H2,(H2,21,22)(H,23,24). The summed E-state index contributed by atoms with van der Waals surface area (Å²) in [6.45, 7) is 33.7. The van der Waals surface area contributed by atoms with Crippen LogP contribution < -0.4 is 33.4 Å². The molecule has 0 aliphatic carbocycles. The fourth-order valence-electron chi connectivity index (χ4n) is 19.7. The van der Waals surface area contributed by atoms with E-state index in [1.165, 1.54) is 55.6 Å². The molecule has 0 bridgehead atoms. The van der Waals surface area contributed by atoms with E-state index in [2.05, 4.69) is 278 Å². The number of benzene rings is 9. The average molecular weight is 1870 g/mol. The topological polar surface area (TPSA) is 384 Å². The first-order valence-electron chi connectivity index (χ1n) is 47.7. The normalized spacial score (nSPS) is 14.5. The average Bonchev–Trinajstić information content (AvgIpc) is 1.60. The Balaban J connectivity index is 0.000000104. The summed E-state index contributed by atoms with van der Waals surface area (Å²) < 4.78 is 5.35. The molecule has 702 valence electrons. The number of thiophene rings is 1. The molecule has 0 amide bonds. The number of hydrogen-bond acceptors (Lipinski definition) is 23. The lowest BCUT2D eigenvalue weighted by molar-refractivity contribution is 0.282. The smallest absolute Gasteiger partial charge is 0.150 e. The molecule has 11 aromatic heterocycles. The Hall–Kier alpha value is -16.5. The second-order valence-corrected chi connectivity index (χ2v) is 37.9. The number of fused-ring (bicyclic) bond motifs is 15. The molecule has 5 aliphatic heterocycles. The molecular weight excluding hydrogens is 1760 g/mol. The van der Waals surface area contributed by atoms with Gasteiger partial charge in [0.2, 0.25) is 0 Å². The van der Waals surface area contributed by atoms with E-state index in [9.17, 15) is 5.11 Å². The number of pyridine rings is 5. The van der Waals surface area contributed by atoms with Crippen molar-refractivity contribution in [2.24, 2.45) is 0 Å². The van der Waals surface area contributed by atoms with Crippen molar-refractivity contribution in [3.8, 4) is 60.7 Å². The van der Waals surface area contributed by atoms with Gasteiger partial charge in [-0.05, 0) is 218 Å². The van der Waals surface area contributed by atoms with Gasteiger partial charge < -0.3 is 87.9 Å². The zero-order valence-electron chi connectivity index (χ0n) is 78.9. The van der Waals surface area contributed by atoms with Gasteiger partial charge in [0.1, 0.15) is 119 Å². The van der Waals surface area contributed by atoms with Crippen LogP contribution in [0.1, 0.15) is 110 Å². The van der Waals surface area contributed by atoms with E-state index < -0.39 is 0 Å². The maximum absolute atomic E-state index is 9.24. The van der Waals surface area contributed by atoms with Crippen molar-refractivity contribution in [3.05, 3.63) is 313 Å². The quantitative estimate of drug-likeness (QED) is 0.0403. The number of nitrogens with one attached hydrogen (secondary N) is 5. The molecule has 9 aromatic carbocycles. The molecule has 0 unspecified atom stereocenters. The van der Waals surface area contributed by atoms with E-state index >= 15 is 0 Å². The van der Waals surface area contributed by atoms with E-state index in [1.807, 2.05) is 48.5 Å². The van der Waals surface area contributed by atoms with E-state index in [0.717, 1.165) is 312 Å². The van der Waals surface area contributed by atoms with Crippen molar-refractivity contribution < 1.29 is 9.84 Å². The minimum Gasteiger partial charge on any atom is -0.497 e. The van der Waals surface area contributed by atoms with Crippen LogP contribution in [0.2, 0.25) is 0 Å². The van der Waals surface area contributed by atoms with Crippen molar-refractivity contribution in [2.45, 2.75) is 117 Å². The Morgan fingerprint density at radius 2 is 0.600 bits per heavy atom. The van der Waals surface area contributed by atoms with Gasteiger partial charge in [0, 0.05) is 93.0 Å². The lowest BCUT2D eigenvalue weighted by Crippen LogP contribution is -2.17. The van der Waals surface area contributed by atoms with Gasteiger partial charge in [-0.25, -0.2) is 49.8 Å². The molecule has 5 fully saturated rings. The molecule has 0 spiro atoms. The second kappa shape index (κ2) is 38.3. The molecule has 0 atom stereocenters. The number of allylic oxidation sites excluding steroid dienone is 5. The molecule has 16 heterocycles. The lowest BCUT2D eigenvalue weighted by Gasteiger charge is -2.16. The summed E-state index contributed by atoms with van der Waals surface area (Å²) in [4.78, 5) is 76.8. The Kier molecular flexibility index (Phi) is 24.6. The van der Waals surface area contributed by atoms with Crippen LogP contribution in [0.5, 0.6) is 5.75 Å². The number of hydrogen-bond donors (Lipinski definition) is 11. The Labute approximate surface area is 813 Å². The van der Waals surface area contributed by atoms with Gasteiger partial charge in [0.15, 0.2) is 0 Å². The Morgan fingerprint density at radius 3 is 0.893 bits per heavy atom. The number of H-pyrrole nitrogens is 5. The minimum atomic E-state index is 0.0420. The highest BCUT2D eigenvalue weighted by Crippen LogP contribution is 2.40. The Bertz CT molecular complexity index is 8250. The van der Waals surface area contributed by atoms with Gasteiger partial charge in [-0.15, -0.1) is 11.3 Å². The molecular formula is C112H111N25O2S. The van der Waals surface area contributed by atoms with Crippen LogP contribution in [0.4, 0.5) is 29.1 Å². The number of likely N-dealkylation sites (tertiary alicyclic amines) is 5. The lowest BCUT2D eigenvalue weighted by atomic mass is 10.0. The van der Waals surface area contributed by atoms with E-state index in [-0.39, 0.29) is 6.61 Å². The first-order valence-corrected chi connectivity index (χ1v) is 48.5. The van der Waals surface area contributed by atoms with Crippen LogP contribution in [0, 0.1) is 13.8 Å². The van der Waals surface area contributed by atoms with Crippen molar-refractivity contribution in [1.82, 2.24) is 99.3 Å². The third-order valence-corrected chi connectivity index (χ3v) is 28.3. The van der Waals surface area contributed by atoms with Crippen molar-refractivity contribution in [3.63, 3.8) is 0 Å². The van der Waals surface area contributed by atoms with Gasteiger partial charge >= 0.3 is 0 Å². The number of aryl methyl sites for hydroxylation is 2. The number of nitrogen functional groups attached to an aromatic ring is 5. The SMILES string of the molecule is C=C1CCCN1Cc1nc2c([nH]1)c(N)nc1cc(-c3ccc(C)cc3)ccc12.C=C1CCCN1Cc1nc2c([nH]1)c(N)nc1cc(-c3ccc(CO)cc3)ccc12.C=C1CCCN1Cc1nc2c([nH]1)c(N)nc1cc(-c3cccc(C)c3)ccc12.C=C1CCCN1Cc1nc2c([nH]1)c(N)nc1cc(-c3cccc(OC)c3)ccc12.C=C1CCCN1Cc1nc2c([nH]1)c(N)nc1cc(-c3cccs3)ccc12. The molecule has 28 heteroatoms. The van der Waals surface area contributed by atoms with Crippen LogP contribution >= 0.6 is 11.3 Å². The fourth-order valence-corrected chi connectivity index (χ4v) is 20.5. The highest BCUT2D eigenvalue weighted by molar-refractivity contribution is 7.13. The van der Waals surface area contributed by atoms with Gasteiger partial charge in [-0.2, -0.15) is 0 Å². The number of rotatable bonds is 17. The maximum Gasteiger partial charge on any atom is 0.150 e. The van der Waals surface area contributed by atoms with Gasteiger partial charge in [-0.1, -0.05) is 165 Å². The zero-order valence-corrected chi connectivity index (χ0v) is 79.7. The summed E-state index contributed by atoms with van der Waals surface area (Å²) in [7, 11) is 1.67. The monoisotopic (exact) mass is 1870 g/mol. The third-order valence-electron chi connectivity index (χ3n) is 27.3. The van der Waals surface area contributed by atoms with Crippen LogP contribution in [0.25, 0.3) is 165 Å². The number of aliphatic hydroxyl groups is 1.